The zero-order valence-electron chi connectivity index (χ0n) is 10.4. The van der Waals surface area contributed by atoms with Crippen LogP contribution in [0.15, 0.2) is 24.4 Å². The standard InChI is InChI=1S/C13H17N3S/c1-4-14-9(2)12-10(3)16-13(17-12)11-7-5-6-8-15-11/h5-9,14H,4H2,1-3H3. The van der Waals surface area contributed by atoms with Crippen LogP contribution in [0.25, 0.3) is 10.7 Å². The van der Waals surface area contributed by atoms with Crippen molar-refractivity contribution in [2.45, 2.75) is 26.8 Å². The molecule has 0 radical (unpaired) electrons. The number of nitrogens with zero attached hydrogens (tertiary/aromatic N) is 2. The number of aryl methyl sites for hydroxylation is 1. The molecule has 1 unspecified atom stereocenters. The molecule has 0 aromatic carbocycles. The van der Waals surface area contributed by atoms with E-state index in [0.717, 1.165) is 22.9 Å². The molecule has 0 aliphatic heterocycles. The lowest BCUT2D eigenvalue weighted by atomic mass is 10.2. The minimum absolute atomic E-state index is 0.356. The fraction of sp³-hybridized carbons (Fsp3) is 0.385. The van der Waals surface area contributed by atoms with Crippen molar-refractivity contribution in [1.29, 1.82) is 0 Å². The average Bonchev–Trinajstić information content (AvgIpc) is 2.73. The predicted octanol–water partition coefficient (Wildman–Crippen LogP) is 3.18. The highest BCUT2D eigenvalue weighted by atomic mass is 32.1. The fourth-order valence-electron chi connectivity index (χ4n) is 1.81. The number of aromatic nitrogens is 2. The highest BCUT2D eigenvalue weighted by Crippen LogP contribution is 2.30. The maximum atomic E-state index is 4.60. The van der Waals surface area contributed by atoms with E-state index in [0.29, 0.717) is 6.04 Å². The first kappa shape index (κ1) is 12.2. The van der Waals surface area contributed by atoms with E-state index in [-0.39, 0.29) is 0 Å². The summed E-state index contributed by atoms with van der Waals surface area (Å²) in [5.74, 6) is 0. The molecule has 90 valence electrons. The second-order valence-corrected chi connectivity index (χ2v) is 4.99. The van der Waals surface area contributed by atoms with Crippen LogP contribution in [0, 0.1) is 6.92 Å². The van der Waals surface area contributed by atoms with Crippen LogP contribution in [0.2, 0.25) is 0 Å². The molecule has 3 nitrogen and oxygen atoms in total. The Morgan fingerprint density at radius 2 is 2.24 bits per heavy atom. The van der Waals surface area contributed by atoms with Gasteiger partial charge in [0.25, 0.3) is 0 Å². The minimum atomic E-state index is 0.356. The first-order chi connectivity index (χ1) is 8.22. The second-order valence-electron chi connectivity index (χ2n) is 3.96. The Balaban J connectivity index is 2.31. The number of rotatable bonds is 4. The average molecular weight is 247 g/mol. The Hall–Kier alpha value is -1.26. The van der Waals surface area contributed by atoms with Gasteiger partial charge in [0.1, 0.15) is 5.01 Å². The van der Waals surface area contributed by atoms with Crippen molar-refractivity contribution in [3.63, 3.8) is 0 Å². The molecule has 2 aromatic rings. The van der Waals surface area contributed by atoms with Crippen molar-refractivity contribution in [3.8, 4) is 10.7 Å². The zero-order valence-corrected chi connectivity index (χ0v) is 11.2. The Labute approximate surface area is 106 Å². The SMILES string of the molecule is CCNC(C)c1sc(-c2ccccn2)nc1C. The third-order valence-electron chi connectivity index (χ3n) is 2.62. The molecule has 4 heteroatoms. The molecule has 0 fully saturated rings. The molecular weight excluding hydrogens is 230 g/mol. The second kappa shape index (κ2) is 5.38. The summed E-state index contributed by atoms with van der Waals surface area (Å²) >= 11 is 1.72. The maximum absolute atomic E-state index is 4.60. The number of thiazole rings is 1. The van der Waals surface area contributed by atoms with Crippen molar-refractivity contribution in [2.75, 3.05) is 6.54 Å². The molecule has 2 heterocycles. The van der Waals surface area contributed by atoms with Gasteiger partial charge in [0.05, 0.1) is 11.4 Å². The zero-order chi connectivity index (χ0) is 12.3. The van der Waals surface area contributed by atoms with Crippen LogP contribution in [-0.2, 0) is 0 Å². The monoisotopic (exact) mass is 247 g/mol. The molecule has 0 saturated heterocycles. The van der Waals surface area contributed by atoms with Gasteiger partial charge in [-0.25, -0.2) is 4.98 Å². The highest BCUT2D eigenvalue weighted by Gasteiger charge is 2.14. The molecule has 2 rings (SSSR count). The van der Waals surface area contributed by atoms with Gasteiger partial charge in [-0.05, 0) is 32.5 Å². The number of nitrogens with one attached hydrogen (secondary N) is 1. The van der Waals surface area contributed by atoms with Gasteiger partial charge < -0.3 is 5.32 Å². The summed E-state index contributed by atoms with van der Waals surface area (Å²) in [5, 5.41) is 4.42. The van der Waals surface area contributed by atoms with E-state index in [9.17, 15) is 0 Å². The summed E-state index contributed by atoms with van der Waals surface area (Å²) in [6, 6.07) is 6.27. The summed E-state index contributed by atoms with van der Waals surface area (Å²) < 4.78 is 0. The quantitative estimate of drug-likeness (QED) is 0.901. The first-order valence-electron chi connectivity index (χ1n) is 5.84. The van der Waals surface area contributed by atoms with Gasteiger partial charge in [0.2, 0.25) is 0 Å². The normalized spacial score (nSPS) is 12.6. The van der Waals surface area contributed by atoms with Crippen molar-refractivity contribution < 1.29 is 0 Å². The molecule has 2 aromatic heterocycles. The lowest BCUT2D eigenvalue weighted by Crippen LogP contribution is -2.17. The van der Waals surface area contributed by atoms with E-state index in [1.165, 1.54) is 4.88 Å². The van der Waals surface area contributed by atoms with E-state index in [1.807, 2.05) is 18.2 Å². The third-order valence-corrected chi connectivity index (χ3v) is 3.98. The van der Waals surface area contributed by atoms with E-state index in [2.05, 4.69) is 36.1 Å². The smallest absolute Gasteiger partial charge is 0.142 e. The molecule has 1 atom stereocenters. The van der Waals surface area contributed by atoms with Crippen LogP contribution < -0.4 is 5.32 Å². The first-order valence-corrected chi connectivity index (χ1v) is 6.66. The molecule has 1 N–H and O–H groups in total. The third kappa shape index (κ3) is 2.70. The van der Waals surface area contributed by atoms with Gasteiger partial charge in [0, 0.05) is 17.1 Å². The van der Waals surface area contributed by atoms with Gasteiger partial charge >= 0.3 is 0 Å². The number of hydrogen-bond acceptors (Lipinski definition) is 4. The van der Waals surface area contributed by atoms with Gasteiger partial charge in [-0.2, -0.15) is 0 Å². The molecule has 0 spiro atoms. The Bertz CT molecular complexity index is 479. The van der Waals surface area contributed by atoms with Crippen molar-refractivity contribution >= 4 is 11.3 Å². The number of hydrogen-bond donors (Lipinski definition) is 1. The van der Waals surface area contributed by atoms with Gasteiger partial charge in [-0.3, -0.25) is 4.98 Å². The van der Waals surface area contributed by atoms with Gasteiger partial charge in [-0.15, -0.1) is 11.3 Å². The van der Waals surface area contributed by atoms with Crippen LogP contribution in [-0.4, -0.2) is 16.5 Å². The topological polar surface area (TPSA) is 37.8 Å². The van der Waals surface area contributed by atoms with Crippen molar-refractivity contribution in [2.24, 2.45) is 0 Å². The molecular formula is C13H17N3S. The van der Waals surface area contributed by atoms with Crippen molar-refractivity contribution in [3.05, 3.63) is 35.0 Å². The Morgan fingerprint density at radius 3 is 2.88 bits per heavy atom. The van der Waals surface area contributed by atoms with E-state index in [1.54, 1.807) is 17.5 Å². The van der Waals surface area contributed by atoms with Crippen LogP contribution >= 0.6 is 11.3 Å². The maximum Gasteiger partial charge on any atom is 0.142 e. The predicted molar refractivity (Wildman–Crippen MR) is 72.2 cm³/mol. The Morgan fingerprint density at radius 1 is 1.41 bits per heavy atom. The molecule has 0 aliphatic carbocycles. The largest absolute Gasteiger partial charge is 0.310 e. The van der Waals surface area contributed by atoms with E-state index >= 15 is 0 Å². The van der Waals surface area contributed by atoms with E-state index in [4.69, 9.17) is 0 Å². The summed E-state index contributed by atoms with van der Waals surface area (Å²) in [6.07, 6.45) is 1.81. The fourth-order valence-corrected chi connectivity index (χ4v) is 2.88. The molecule has 0 bridgehead atoms. The van der Waals surface area contributed by atoms with Gasteiger partial charge in [-0.1, -0.05) is 13.0 Å². The van der Waals surface area contributed by atoms with Crippen LogP contribution in [0.5, 0.6) is 0 Å². The van der Waals surface area contributed by atoms with Gasteiger partial charge in [0.15, 0.2) is 0 Å². The molecule has 0 aliphatic rings. The lowest BCUT2D eigenvalue weighted by Gasteiger charge is -2.09. The highest BCUT2D eigenvalue weighted by molar-refractivity contribution is 7.15. The minimum Gasteiger partial charge on any atom is -0.310 e. The van der Waals surface area contributed by atoms with Crippen LogP contribution in [0.4, 0.5) is 0 Å². The van der Waals surface area contributed by atoms with E-state index < -0.39 is 0 Å². The Kier molecular flexibility index (Phi) is 3.86. The summed E-state index contributed by atoms with van der Waals surface area (Å²) in [6.45, 7) is 7.32. The summed E-state index contributed by atoms with van der Waals surface area (Å²) in [7, 11) is 0. The van der Waals surface area contributed by atoms with Crippen LogP contribution in [0.3, 0.4) is 0 Å². The molecule has 17 heavy (non-hydrogen) atoms. The van der Waals surface area contributed by atoms with Crippen LogP contribution in [0.1, 0.15) is 30.5 Å². The molecule has 0 saturated carbocycles. The summed E-state index contributed by atoms with van der Waals surface area (Å²) in [4.78, 5) is 10.2. The number of pyridine rings is 1. The lowest BCUT2D eigenvalue weighted by molar-refractivity contribution is 0.603. The molecule has 0 amide bonds. The van der Waals surface area contributed by atoms with Crippen molar-refractivity contribution in [1.82, 2.24) is 15.3 Å². The summed E-state index contributed by atoms with van der Waals surface area (Å²) in [5.41, 5.74) is 2.06.